The summed E-state index contributed by atoms with van der Waals surface area (Å²) in [6.45, 7) is 7.59. The molecule has 0 unspecified atom stereocenters. The summed E-state index contributed by atoms with van der Waals surface area (Å²) in [5, 5.41) is 0. The summed E-state index contributed by atoms with van der Waals surface area (Å²) in [7, 11) is 3.30. The van der Waals surface area contributed by atoms with Crippen LogP contribution in [0.5, 0.6) is 11.5 Å². The maximum absolute atomic E-state index is 12.6. The van der Waals surface area contributed by atoms with Crippen LogP contribution in [0.2, 0.25) is 0 Å². The Morgan fingerprint density at radius 2 is 1.97 bits per heavy atom. The third kappa shape index (κ3) is 5.27. The number of amides is 1. The molecule has 1 aliphatic rings. The van der Waals surface area contributed by atoms with Crippen LogP contribution in [-0.4, -0.2) is 67.3 Å². The molecule has 0 N–H and O–H groups in total. The molecule has 0 atom stereocenters. The van der Waals surface area contributed by atoms with E-state index in [1.807, 2.05) is 18.2 Å². The van der Waals surface area contributed by atoms with Gasteiger partial charge in [-0.1, -0.05) is 0 Å². The summed E-state index contributed by atoms with van der Waals surface area (Å²) in [6, 6.07) is 5.98. The van der Waals surface area contributed by atoms with E-state index in [0.717, 1.165) is 17.1 Å². The van der Waals surface area contributed by atoms with Gasteiger partial charge in [0.25, 0.3) is 5.91 Å². The molecule has 8 nitrogen and oxygen atoms in total. The van der Waals surface area contributed by atoms with Crippen LogP contribution in [0.25, 0.3) is 0 Å². The SMILES string of the molecule is COc1ccc(OC)c(CN(Cc2nc(C(=O)N3CCOCC3)co2)C(C)C)c1. The Morgan fingerprint density at radius 1 is 1.21 bits per heavy atom. The van der Waals surface area contributed by atoms with Crippen LogP contribution < -0.4 is 9.47 Å². The predicted molar refractivity (Wildman–Crippen MR) is 107 cm³/mol. The number of rotatable bonds is 8. The zero-order valence-corrected chi connectivity index (χ0v) is 17.5. The lowest BCUT2D eigenvalue weighted by atomic mass is 10.1. The van der Waals surface area contributed by atoms with Crippen molar-refractivity contribution < 1.29 is 23.4 Å². The second-order valence-corrected chi connectivity index (χ2v) is 7.21. The molecule has 158 valence electrons. The quantitative estimate of drug-likeness (QED) is 0.670. The number of nitrogens with zero attached hydrogens (tertiary/aromatic N) is 3. The Bertz CT molecular complexity index is 814. The largest absolute Gasteiger partial charge is 0.497 e. The Kier molecular flexibility index (Phi) is 7.11. The molecule has 1 aromatic carbocycles. The molecule has 1 saturated heterocycles. The summed E-state index contributed by atoms with van der Waals surface area (Å²) in [5.74, 6) is 1.97. The first-order valence-electron chi connectivity index (χ1n) is 9.78. The van der Waals surface area contributed by atoms with Crippen LogP contribution in [-0.2, 0) is 17.8 Å². The molecule has 8 heteroatoms. The van der Waals surface area contributed by atoms with Crippen molar-refractivity contribution in [1.29, 1.82) is 0 Å². The van der Waals surface area contributed by atoms with Crippen LogP contribution in [0.3, 0.4) is 0 Å². The van der Waals surface area contributed by atoms with Crippen molar-refractivity contribution in [3.05, 3.63) is 41.6 Å². The first-order valence-corrected chi connectivity index (χ1v) is 9.78. The number of ether oxygens (including phenoxy) is 3. The molecule has 1 aromatic heterocycles. The minimum atomic E-state index is -0.117. The molecule has 29 heavy (non-hydrogen) atoms. The predicted octanol–water partition coefficient (Wildman–Crippen LogP) is 2.57. The molecule has 0 saturated carbocycles. The van der Waals surface area contributed by atoms with E-state index >= 15 is 0 Å². The number of benzene rings is 1. The summed E-state index contributed by atoms with van der Waals surface area (Å²) in [5.41, 5.74) is 1.35. The maximum Gasteiger partial charge on any atom is 0.275 e. The first kappa shape index (κ1) is 21.1. The molecule has 0 spiro atoms. The summed E-state index contributed by atoms with van der Waals surface area (Å²) in [6.07, 6.45) is 1.44. The Balaban J connectivity index is 1.71. The highest BCUT2D eigenvalue weighted by Gasteiger charge is 2.23. The number of oxazole rings is 1. The zero-order chi connectivity index (χ0) is 20.8. The van der Waals surface area contributed by atoms with Gasteiger partial charge in [-0.05, 0) is 32.0 Å². The molecule has 0 aliphatic carbocycles. The number of morpholine rings is 1. The number of hydrogen-bond acceptors (Lipinski definition) is 7. The van der Waals surface area contributed by atoms with Crippen molar-refractivity contribution in [2.75, 3.05) is 40.5 Å². The topological polar surface area (TPSA) is 77.3 Å². The van der Waals surface area contributed by atoms with Crippen LogP contribution >= 0.6 is 0 Å². The molecule has 0 bridgehead atoms. The molecule has 1 aliphatic heterocycles. The summed E-state index contributed by atoms with van der Waals surface area (Å²) < 4.78 is 21.8. The van der Waals surface area contributed by atoms with Gasteiger partial charge in [-0.3, -0.25) is 9.69 Å². The van der Waals surface area contributed by atoms with Gasteiger partial charge in [0.2, 0.25) is 5.89 Å². The lowest BCUT2D eigenvalue weighted by Gasteiger charge is -2.26. The molecule has 2 aromatic rings. The number of aromatic nitrogens is 1. The Hall–Kier alpha value is -2.58. The van der Waals surface area contributed by atoms with Crippen molar-refractivity contribution in [1.82, 2.24) is 14.8 Å². The van der Waals surface area contributed by atoms with Crippen molar-refractivity contribution in [3.63, 3.8) is 0 Å². The van der Waals surface area contributed by atoms with Gasteiger partial charge in [-0.15, -0.1) is 0 Å². The maximum atomic E-state index is 12.6. The van der Waals surface area contributed by atoms with E-state index in [1.165, 1.54) is 6.26 Å². The Morgan fingerprint density at radius 3 is 2.62 bits per heavy atom. The molecule has 1 fully saturated rings. The van der Waals surface area contributed by atoms with E-state index in [1.54, 1.807) is 19.1 Å². The second kappa shape index (κ2) is 9.76. The average molecular weight is 403 g/mol. The fourth-order valence-corrected chi connectivity index (χ4v) is 3.23. The van der Waals surface area contributed by atoms with Gasteiger partial charge in [0.05, 0.1) is 34.0 Å². The highest BCUT2D eigenvalue weighted by Crippen LogP contribution is 2.26. The van der Waals surface area contributed by atoms with E-state index in [-0.39, 0.29) is 11.9 Å². The molecule has 1 amide bonds. The summed E-state index contributed by atoms with van der Waals surface area (Å²) >= 11 is 0. The van der Waals surface area contributed by atoms with Crippen LogP contribution in [0, 0.1) is 0 Å². The van der Waals surface area contributed by atoms with Gasteiger partial charge >= 0.3 is 0 Å². The van der Waals surface area contributed by atoms with Gasteiger partial charge in [0.1, 0.15) is 17.8 Å². The standard InChI is InChI=1S/C21H29N3O5/c1-15(2)24(12-16-11-17(26-3)5-6-19(16)27-4)13-20-22-18(14-29-20)21(25)23-7-9-28-10-8-23/h5-6,11,14-15H,7-10,12-13H2,1-4H3. The lowest BCUT2D eigenvalue weighted by molar-refractivity contribution is 0.0299. The van der Waals surface area contributed by atoms with Crippen molar-refractivity contribution >= 4 is 5.91 Å². The van der Waals surface area contributed by atoms with E-state index in [9.17, 15) is 4.79 Å². The van der Waals surface area contributed by atoms with Gasteiger partial charge < -0.3 is 23.5 Å². The number of methoxy groups -OCH3 is 2. The monoisotopic (exact) mass is 403 g/mol. The summed E-state index contributed by atoms with van der Waals surface area (Å²) in [4.78, 5) is 21.0. The minimum absolute atomic E-state index is 0.117. The third-order valence-corrected chi connectivity index (χ3v) is 5.00. The Labute approximate surface area is 171 Å². The zero-order valence-electron chi connectivity index (χ0n) is 17.5. The van der Waals surface area contributed by atoms with E-state index < -0.39 is 0 Å². The van der Waals surface area contributed by atoms with Gasteiger partial charge in [-0.2, -0.15) is 0 Å². The average Bonchev–Trinajstić information content (AvgIpc) is 3.21. The van der Waals surface area contributed by atoms with Crippen LogP contribution in [0.4, 0.5) is 0 Å². The molecular weight excluding hydrogens is 374 g/mol. The van der Waals surface area contributed by atoms with Crippen LogP contribution in [0.1, 0.15) is 35.8 Å². The molecular formula is C21H29N3O5. The van der Waals surface area contributed by atoms with E-state index in [2.05, 4.69) is 23.7 Å². The second-order valence-electron chi connectivity index (χ2n) is 7.21. The third-order valence-electron chi connectivity index (χ3n) is 5.00. The minimum Gasteiger partial charge on any atom is -0.497 e. The normalized spacial score (nSPS) is 14.5. The van der Waals surface area contributed by atoms with Crippen molar-refractivity contribution in [2.45, 2.75) is 33.0 Å². The smallest absolute Gasteiger partial charge is 0.275 e. The van der Waals surface area contributed by atoms with Crippen molar-refractivity contribution in [2.24, 2.45) is 0 Å². The number of carbonyl (C=O) groups is 1. The van der Waals surface area contributed by atoms with Crippen LogP contribution in [0.15, 0.2) is 28.9 Å². The fourth-order valence-electron chi connectivity index (χ4n) is 3.23. The van der Waals surface area contributed by atoms with E-state index in [0.29, 0.717) is 51.0 Å². The van der Waals surface area contributed by atoms with Crippen molar-refractivity contribution in [3.8, 4) is 11.5 Å². The molecule has 3 rings (SSSR count). The highest BCUT2D eigenvalue weighted by atomic mass is 16.5. The molecule has 0 radical (unpaired) electrons. The lowest BCUT2D eigenvalue weighted by Crippen LogP contribution is -2.40. The first-order chi connectivity index (χ1) is 14.0. The highest BCUT2D eigenvalue weighted by molar-refractivity contribution is 5.92. The van der Waals surface area contributed by atoms with Gasteiger partial charge in [0.15, 0.2) is 5.69 Å². The number of hydrogen-bond donors (Lipinski definition) is 0. The molecule has 2 heterocycles. The fraction of sp³-hybridized carbons (Fsp3) is 0.524. The van der Waals surface area contributed by atoms with Gasteiger partial charge in [0, 0.05) is 31.2 Å². The van der Waals surface area contributed by atoms with E-state index in [4.69, 9.17) is 18.6 Å². The van der Waals surface area contributed by atoms with Gasteiger partial charge in [-0.25, -0.2) is 4.98 Å². The number of carbonyl (C=O) groups excluding carboxylic acids is 1.